The topological polar surface area (TPSA) is 97.7 Å². The largest absolute Gasteiger partial charge is 0.320 e. The van der Waals surface area contributed by atoms with Crippen LogP contribution in [-0.4, -0.2) is 68.9 Å². The van der Waals surface area contributed by atoms with Gasteiger partial charge in [-0.15, -0.1) is 12.4 Å². The van der Waals surface area contributed by atoms with Crippen LogP contribution in [0.5, 0.6) is 0 Å². The molecule has 0 atom stereocenters. The predicted molar refractivity (Wildman–Crippen MR) is 73.4 cm³/mol. The third-order valence-corrected chi connectivity index (χ3v) is 4.17. The van der Waals surface area contributed by atoms with E-state index >= 15 is 0 Å². The average Bonchev–Trinajstić information content (AvgIpc) is 2.54. The van der Waals surface area contributed by atoms with Gasteiger partial charge in [0.05, 0.1) is 10.2 Å². The van der Waals surface area contributed by atoms with Crippen LogP contribution in [-0.2, 0) is 17.2 Å². The normalized spacial score (nSPS) is 12.0. The van der Waals surface area contributed by atoms with Crippen molar-refractivity contribution in [3.05, 3.63) is 23.0 Å². The summed E-state index contributed by atoms with van der Waals surface area (Å²) < 4.78 is 33.7. The van der Waals surface area contributed by atoms with Gasteiger partial charge < -0.3 is 10.4 Å². The van der Waals surface area contributed by atoms with Crippen molar-refractivity contribution in [1.29, 1.82) is 0 Å². The van der Waals surface area contributed by atoms with Gasteiger partial charge in [0, 0.05) is 58.4 Å². The second-order valence-corrected chi connectivity index (χ2v) is 5.55. The number of thiazole rings is 1. The van der Waals surface area contributed by atoms with Crippen LogP contribution in [0.15, 0.2) is 28.2 Å². The Hall–Kier alpha value is 0.546. The summed E-state index contributed by atoms with van der Waals surface area (Å²) in [5.74, 6) is 5.18. The van der Waals surface area contributed by atoms with Crippen LogP contribution < -0.4 is 10.6 Å². The molecule has 0 fully saturated rings. The molecule has 3 N–H and O–H groups in total. The van der Waals surface area contributed by atoms with E-state index in [4.69, 9.17) is 10.4 Å². The van der Waals surface area contributed by atoms with E-state index in [1.54, 1.807) is 19.2 Å². The third-order valence-electron chi connectivity index (χ3n) is 2.17. The first-order chi connectivity index (χ1) is 7.45. The molecule has 0 unspecified atom stereocenters. The molecule has 0 bridgehead atoms. The minimum atomic E-state index is -4.24. The fraction of sp³-hybridized carbons (Fsp3) is 0.125. The van der Waals surface area contributed by atoms with Gasteiger partial charge >= 0.3 is 0 Å². The molecule has 6 nitrogen and oxygen atoms in total. The van der Waals surface area contributed by atoms with Gasteiger partial charge in [-0.25, -0.2) is 0 Å². The van der Waals surface area contributed by atoms with Crippen LogP contribution >= 0.6 is 23.7 Å². The van der Waals surface area contributed by atoms with Crippen molar-refractivity contribution in [1.82, 2.24) is 4.57 Å². The maximum absolute atomic E-state index is 11.2. The van der Waals surface area contributed by atoms with E-state index in [0.717, 1.165) is 0 Å². The van der Waals surface area contributed by atoms with Gasteiger partial charge in [0.25, 0.3) is 10.1 Å². The number of benzene rings is 1. The summed E-state index contributed by atoms with van der Waals surface area (Å²) in [6, 6.07) is 4.64. The second-order valence-electron chi connectivity index (χ2n) is 3.15. The minimum absolute atomic E-state index is 0. The number of nitrogens with two attached hydrogens (primary N) is 1. The van der Waals surface area contributed by atoms with E-state index in [2.05, 4.69) is 5.10 Å². The first-order valence-electron chi connectivity index (χ1n) is 4.25. The van der Waals surface area contributed by atoms with Crippen molar-refractivity contribution in [3.8, 4) is 0 Å². The van der Waals surface area contributed by atoms with Crippen molar-refractivity contribution in [2.75, 3.05) is 0 Å². The smallest absolute Gasteiger partial charge is 0.296 e. The van der Waals surface area contributed by atoms with Crippen molar-refractivity contribution in [3.63, 3.8) is 0 Å². The van der Waals surface area contributed by atoms with Crippen molar-refractivity contribution in [2.24, 2.45) is 18.0 Å². The SMILES string of the molecule is Cl.Cn1c(=NN)sc2cccc(S(=O)(=O)O)c21.[K]. The maximum atomic E-state index is 11.2. The molecule has 0 saturated carbocycles. The zero-order valence-electron chi connectivity index (χ0n) is 9.69. The minimum Gasteiger partial charge on any atom is -0.320 e. The van der Waals surface area contributed by atoms with Crippen LogP contribution in [0.25, 0.3) is 10.2 Å². The molecule has 10 heteroatoms. The number of hydrogen-bond acceptors (Lipinski definition) is 5. The van der Waals surface area contributed by atoms with Crippen LogP contribution in [0, 0.1) is 0 Å². The van der Waals surface area contributed by atoms with Gasteiger partial charge in [-0.1, -0.05) is 17.4 Å². The summed E-state index contributed by atoms with van der Waals surface area (Å²) in [4.78, 5) is 0.338. The number of rotatable bonds is 1. The van der Waals surface area contributed by atoms with Crippen molar-refractivity contribution >= 4 is 95.5 Å². The number of para-hydroxylation sites is 1. The number of aryl methyl sites for hydroxylation is 1. The quantitative estimate of drug-likeness (QED) is 0.339. The molecule has 1 heterocycles. The fourth-order valence-electron chi connectivity index (χ4n) is 1.50. The van der Waals surface area contributed by atoms with E-state index in [-0.39, 0.29) is 68.7 Å². The van der Waals surface area contributed by atoms with Gasteiger partial charge in [0.15, 0.2) is 0 Å². The summed E-state index contributed by atoms with van der Waals surface area (Å²) in [6.07, 6.45) is 0. The summed E-state index contributed by atoms with van der Waals surface area (Å²) in [7, 11) is -2.61. The molecular formula is C8H10ClKN3O3S2. The van der Waals surface area contributed by atoms with Gasteiger partial charge in [0.1, 0.15) is 4.90 Å². The van der Waals surface area contributed by atoms with Gasteiger partial charge in [-0.3, -0.25) is 4.55 Å². The summed E-state index contributed by atoms with van der Waals surface area (Å²) in [5, 5.41) is 3.54. The zero-order valence-corrected chi connectivity index (χ0v) is 15.3. The number of aromatic nitrogens is 1. The second kappa shape index (κ2) is 6.82. The molecule has 0 aliphatic rings. The molecule has 0 amide bonds. The van der Waals surface area contributed by atoms with E-state index < -0.39 is 10.1 Å². The van der Waals surface area contributed by atoms with Gasteiger partial charge in [-0.05, 0) is 12.1 Å². The molecule has 0 spiro atoms. The van der Waals surface area contributed by atoms with Gasteiger partial charge in [-0.2, -0.15) is 13.5 Å². The number of nitrogens with zero attached hydrogens (tertiary/aromatic N) is 2. The van der Waals surface area contributed by atoms with Gasteiger partial charge in [0.2, 0.25) is 4.80 Å². The molecule has 0 aliphatic carbocycles. The molecule has 1 radical (unpaired) electrons. The number of halogens is 1. The maximum Gasteiger partial charge on any atom is 0.296 e. The number of hydrogen-bond donors (Lipinski definition) is 2. The standard InChI is InChI=1S/C8H9N3O3S2.ClH.K/c1-11-7-5(15-8(11)10-9)3-2-4-6(7)16(12,13)14;;/h2-4H,9H2,1H3,(H,12,13,14);1H;. The van der Waals surface area contributed by atoms with E-state index in [1.807, 2.05) is 0 Å². The van der Waals surface area contributed by atoms with Crippen molar-refractivity contribution in [2.45, 2.75) is 4.90 Å². The first kappa shape index (κ1) is 18.5. The van der Waals surface area contributed by atoms with Crippen LogP contribution in [0.3, 0.4) is 0 Å². The Bertz CT molecular complexity index is 723. The monoisotopic (exact) mass is 334 g/mol. The Morgan fingerprint density at radius 3 is 2.56 bits per heavy atom. The molecule has 2 rings (SSSR count). The van der Waals surface area contributed by atoms with Crippen LogP contribution in [0.1, 0.15) is 0 Å². The summed E-state index contributed by atoms with van der Waals surface area (Å²) in [6.45, 7) is 0. The fourth-order valence-corrected chi connectivity index (χ4v) is 3.27. The van der Waals surface area contributed by atoms with Crippen molar-refractivity contribution < 1.29 is 13.0 Å². The van der Waals surface area contributed by atoms with E-state index in [9.17, 15) is 8.42 Å². The Kier molecular flexibility index (Phi) is 7.02. The molecule has 95 valence electrons. The molecule has 0 aliphatic heterocycles. The van der Waals surface area contributed by atoms with Crippen LogP contribution in [0.4, 0.5) is 0 Å². The summed E-state index contributed by atoms with van der Waals surface area (Å²) >= 11 is 1.25. The first-order valence-corrected chi connectivity index (χ1v) is 6.51. The molecule has 2 aromatic rings. The van der Waals surface area contributed by atoms with E-state index in [0.29, 0.717) is 15.0 Å². The Balaban J connectivity index is 0.00000144. The Morgan fingerprint density at radius 1 is 1.44 bits per heavy atom. The number of fused-ring (bicyclic) bond motifs is 1. The average molecular weight is 335 g/mol. The molecular weight excluding hydrogens is 325 g/mol. The molecule has 1 aromatic heterocycles. The predicted octanol–water partition coefficient (Wildman–Crippen LogP) is 0.302. The molecule has 0 saturated heterocycles. The molecule has 18 heavy (non-hydrogen) atoms. The molecule has 1 aromatic carbocycles. The third kappa shape index (κ3) is 3.35. The van der Waals surface area contributed by atoms with E-state index in [1.165, 1.54) is 22.0 Å². The zero-order chi connectivity index (χ0) is 11.9. The van der Waals surface area contributed by atoms with Crippen LogP contribution in [0.2, 0.25) is 0 Å². The Morgan fingerprint density at radius 2 is 2.06 bits per heavy atom. The Labute approximate surface area is 156 Å². The summed E-state index contributed by atoms with van der Waals surface area (Å²) in [5.41, 5.74) is 0.402.